The Kier molecular flexibility index (Phi) is 6.49. The predicted molar refractivity (Wildman–Crippen MR) is 120 cm³/mol. The maximum atomic E-state index is 13.0. The third-order valence-electron chi connectivity index (χ3n) is 5.86. The van der Waals surface area contributed by atoms with E-state index in [1.54, 1.807) is 24.3 Å². The van der Waals surface area contributed by atoms with Gasteiger partial charge in [-0.2, -0.15) is 0 Å². The molecule has 0 saturated heterocycles. The van der Waals surface area contributed by atoms with Crippen molar-refractivity contribution in [2.75, 3.05) is 0 Å². The lowest BCUT2D eigenvalue weighted by atomic mass is 9.92. The number of hydrogen-bond acceptors (Lipinski definition) is 7. The number of phenolic OH excluding ortho intramolecular Hbond substituents is 1. The molecule has 0 amide bonds. The molecular weight excluding hydrogens is 424 g/mol. The van der Waals surface area contributed by atoms with Gasteiger partial charge in [0.05, 0.1) is 6.42 Å². The second kappa shape index (κ2) is 9.48. The zero-order chi connectivity index (χ0) is 23.5. The Morgan fingerprint density at radius 1 is 1.09 bits per heavy atom. The first-order valence-corrected chi connectivity index (χ1v) is 11.0. The number of fused-ring (bicyclic) bond motifs is 1. The lowest BCUT2D eigenvalue weighted by Crippen LogP contribution is -2.21. The summed E-state index contributed by atoms with van der Waals surface area (Å²) >= 11 is 0. The summed E-state index contributed by atoms with van der Waals surface area (Å²) in [6.45, 7) is 2.61. The molecule has 1 N–H and O–H groups in total. The average Bonchev–Trinajstić information content (AvgIpc) is 3.26. The summed E-state index contributed by atoms with van der Waals surface area (Å²) in [5, 5.41) is 11.0. The van der Waals surface area contributed by atoms with E-state index in [1.165, 1.54) is 25.5 Å². The molecule has 2 aromatic carbocycles. The van der Waals surface area contributed by atoms with Gasteiger partial charge in [0.15, 0.2) is 5.78 Å². The normalized spacial score (nSPS) is 17.2. The molecule has 0 bridgehead atoms. The summed E-state index contributed by atoms with van der Waals surface area (Å²) in [5.41, 5.74) is 2.54. The van der Waals surface area contributed by atoms with Gasteiger partial charge in [-0.1, -0.05) is 23.8 Å². The zero-order valence-electron chi connectivity index (χ0n) is 18.7. The van der Waals surface area contributed by atoms with E-state index in [0.717, 1.165) is 25.7 Å². The van der Waals surface area contributed by atoms with Crippen molar-refractivity contribution >= 4 is 17.7 Å². The molecule has 1 atom stereocenters. The van der Waals surface area contributed by atoms with Crippen molar-refractivity contribution in [3.8, 4) is 23.0 Å². The Hall–Kier alpha value is -3.61. The van der Waals surface area contributed by atoms with Crippen LogP contribution in [0.3, 0.4) is 0 Å². The number of hydrogen-bond donors (Lipinski definition) is 1. The van der Waals surface area contributed by atoms with Crippen molar-refractivity contribution < 1.29 is 33.7 Å². The second-order valence-corrected chi connectivity index (χ2v) is 8.34. The fourth-order valence-electron chi connectivity index (χ4n) is 4.32. The lowest BCUT2D eigenvalue weighted by Gasteiger charge is -2.27. The summed E-state index contributed by atoms with van der Waals surface area (Å²) in [6, 6.07) is 8.20. The summed E-state index contributed by atoms with van der Waals surface area (Å²) < 4.78 is 16.5. The average molecular weight is 450 g/mol. The van der Waals surface area contributed by atoms with Crippen LogP contribution in [-0.2, 0) is 16.0 Å². The maximum Gasteiger partial charge on any atom is 0.308 e. The highest BCUT2D eigenvalue weighted by atomic mass is 16.5. The van der Waals surface area contributed by atoms with Gasteiger partial charge in [0.1, 0.15) is 34.7 Å². The summed E-state index contributed by atoms with van der Waals surface area (Å²) in [5.74, 6) is -0.653. The van der Waals surface area contributed by atoms with Gasteiger partial charge >= 0.3 is 11.9 Å². The monoisotopic (exact) mass is 450 g/mol. The number of benzene rings is 2. The Labute approximate surface area is 192 Å². The molecule has 4 rings (SSSR count). The Morgan fingerprint density at radius 2 is 1.76 bits per heavy atom. The van der Waals surface area contributed by atoms with Crippen LogP contribution in [0.2, 0.25) is 0 Å². The van der Waals surface area contributed by atoms with Gasteiger partial charge in [-0.05, 0) is 49.8 Å². The van der Waals surface area contributed by atoms with Crippen LogP contribution in [0.1, 0.15) is 73.5 Å². The molecule has 7 nitrogen and oxygen atoms in total. The van der Waals surface area contributed by atoms with Crippen LogP contribution in [0.25, 0.3) is 0 Å². The van der Waals surface area contributed by atoms with E-state index < -0.39 is 18.0 Å². The molecule has 0 radical (unpaired) electrons. The fraction of sp³-hybridized carbons (Fsp3) is 0.346. The van der Waals surface area contributed by atoms with Crippen LogP contribution in [0.15, 0.2) is 42.0 Å². The number of ether oxygens (including phenoxy) is 3. The smallest absolute Gasteiger partial charge is 0.308 e. The van der Waals surface area contributed by atoms with Crippen LogP contribution in [-0.4, -0.2) is 22.8 Å². The first-order chi connectivity index (χ1) is 15.8. The van der Waals surface area contributed by atoms with Crippen LogP contribution in [0.4, 0.5) is 0 Å². The van der Waals surface area contributed by atoms with E-state index in [0.29, 0.717) is 23.3 Å². The number of carbonyl (C=O) groups is 3. The molecule has 2 aliphatic rings. The minimum absolute atomic E-state index is 0.0426. The molecule has 1 aliphatic carbocycles. The quantitative estimate of drug-likeness (QED) is 0.389. The SMILES string of the molecule is CC(=O)Oc1ccc(C2CC(=O)c3c(cc(OC(C)=O)c(CC=C4CCCC4)c3O)O2)cc1. The van der Waals surface area contributed by atoms with E-state index >= 15 is 0 Å². The molecule has 1 saturated carbocycles. The van der Waals surface area contributed by atoms with Crippen molar-refractivity contribution in [3.63, 3.8) is 0 Å². The van der Waals surface area contributed by atoms with Gasteiger partial charge < -0.3 is 19.3 Å². The molecule has 1 aliphatic heterocycles. The van der Waals surface area contributed by atoms with Crippen molar-refractivity contribution in [2.24, 2.45) is 0 Å². The van der Waals surface area contributed by atoms with E-state index in [9.17, 15) is 19.5 Å². The van der Waals surface area contributed by atoms with Crippen LogP contribution >= 0.6 is 0 Å². The number of Topliss-reactive ketones (excluding diaryl/α,β-unsaturated/α-hetero) is 1. The van der Waals surface area contributed by atoms with Gasteiger partial charge in [-0.25, -0.2) is 0 Å². The Bertz CT molecular complexity index is 1120. The molecule has 1 heterocycles. The zero-order valence-corrected chi connectivity index (χ0v) is 18.7. The first-order valence-electron chi connectivity index (χ1n) is 11.0. The highest BCUT2D eigenvalue weighted by Crippen LogP contribution is 2.45. The van der Waals surface area contributed by atoms with Crippen LogP contribution < -0.4 is 14.2 Å². The number of phenols is 1. The third-order valence-corrected chi connectivity index (χ3v) is 5.86. The number of carbonyl (C=O) groups excluding carboxylic acids is 3. The fourth-order valence-corrected chi connectivity index (χ4v) is 4.32. The first kappa shape index (κ1) is 22.6. The summed E-state index contributed by atoms with van der Waals surface area (Å²) in [7, 11) is 0. The largest absolute Gasteiger partial charge is 0.507 e. The van der Waals surface area contributed by atoms with Crippen LogP contribution in [0.5, 0.6) is 23.0 Å². The van der Waals surface area contributed by atoms with Crippen molar-refractivity contribution in [3.05, 3.63) is 58.7 Å². The minimum atomic E-state index is -0.590. The number of esters is 2. The molecule has 0 aromatic heterocycles. The van der Waals surface area contributed by atoms with Crippen LogP contribution in [0, 0.1) is 0 Å². The van der Waals surface area contributed by atoms with E-state index in [2.05, 4.69) is 0 Å². The van der Waals surface area contributed by atoms with E-state index in [1.807, 2.05) is 6.08 Å². The maximum absolute atomic E-state index is 13.0. The molecule has 2 aromatic rings. The molecule has 1 unspecified atom stereocenters. The number of allylic oxidation sites excluding steroid dienone is 2. The molecule has 7 heteroatoms. The molecule has 1 fully saturated rings. The Balaban J connectivity index is 1.65. The number of ketones is 1. The number of aromatic hydroxyl groups is 1. The highest BCUT2D eigenvalue weighted by Gasteiger charge is 2.33. The van der Waals surface area contributed by atoms with Crippen molar-refractivity contribution in [1.29, 1.82) is 0 Å². The van der Waals surface area contributed by atoms with Gasteiger partial charge in [-0.15, -0.1) is 0 Å². The van der Waals surface area contributed by atoms with Gasteiger partial charge in [0, 0.05) is 25.5 Å². The van der Waals surface area contributed by atoms with Gasteiger partial charge in [0.25, 0.3) is 0 Å². The van der Waals surface area contributed by atoms with E-state index in [4.69, 9.17) is 14.2 Å². The summed E-state index contributed by atoms with van der Waals surface area (Å²) in [6.07, 6.45) is 6.20. The number of rotatable bonds is 5. The highest BCUT2D eigenvalue weighted by molar-refractivity contribution is 6.03. The third kappa shape index (κ3) is 5.08. The Morgan fingerprint density at radius 3 is 2.39 bits per heavy atom. The summed E-state index contributed by atoms with van der Waals surface area (Å²) in [4.78, 5) is 35.8. The molecule has 172 valence electrons. The van der Waals surface area contributed by atoms with Crippen molar-refractivity contribution in [2.45, 2.75) is 58.5 Å². The standard InChI is InChI=1S/C26H26O7/c1-15(27)31-19-10-8-18(9-11-19)22-13-21(29)25-24(33-22)14-23(32-16(2)28)20(26(25)30)12-7-17-5-3-4-6-17/h7-11,14,22,30H,3-6,12-13H2,1-2H3. The van der Waals surface area contributed by atoms with E-state index in [-0.39, 0.29) is 35.0 Å². The molecular formula is C26H26O7. The van der Waals surface area contributed by atoms with Crippen molar-refractivity contribution in [1.82, 2.24) is 0 Å². The minimum Gasteiger partial charge on any atom is -0.507 e. The topological polar surface area (TPSA) is 99.1 Å². The van der Waals surface area contributed by atoms with Gasteiger partial charge in [0.2, 0.25) is 0 Å². The molecule has 0 spiro atoms. The van der Waals surface area contributed by atoms with Gasteiger partial charge in [-0.3, -0.25) is 14.4 Å². The predicted octanol–water partition coefficient (Wildman–Crippen LogP) is 4.99. The molecule has 33 heavy (non-hydrogen) atoms. The lowest BCUT2D eigenvalue weighted by molar-refractivity contribution is -0.132. The second-order valence-electron chi connectivity index (χ2n) is 8.34.